The molecule has 2 heterocycles. The monoisotopic (exact) mass is 436 g/mol. The van der Waals surface area contributed by atoms with E-state index >= 15 is 0 Å². The summed E-state index contributed by atoms with van der Waals surface area (Å²) >= 11 is 0. The number of nitrogens with zero attached hydrogens (tertiary/aromatic N) is 3. The van der Waals surface area contributed by atoms with Gasteiger partial charge in [-0.1, -0.05) is 24.4 Å². The molecule has 3 aromatic rings. The van der Waals surface area contributed by atoms with Gasteiger partial charge in [0.15, 0.2) is 11.5 Å². The van der Waals surface area contributed by atoms with Crippen LogP contribution in [0.4, 0.5) is 0 Å². The smallest absolute Gasteiger partial charge is 0.252 e. The average Bonchev–Trinajstić information content (AvgIpc) is 3.33. The zero-order valence-corrected chi connectivity index (χ0v) is 18.5. The standard InChI is InChI=1S/C24H28N4O4/c1-3-30-19-11-10-17(15-20(19)31-4-2)22(29)27-24(12-6-5-7-13-24)23-26-21(28-32-23)18-9-8-14-25-16-18/h8-11,14-16H,3-7,12-13H2,1-2H3,(H,27,29). The van der Waals surface area contributed by atoms with Crippen LogP contribution in [0.25, 0.3) is 11.4 Å². The Kier molecular flexibility index (Phi) is 6.68. The summed E-state index contributed by atoms with van der Waals surface area (Å²) in [5, 5.41) is 7.35. The molecule has 32 heavy (non-hydrogen) atoms. The molecule has 4 rings (SSSR count). The molecule has 1 saturated carbocycles. The van der Waals surface area contributed by atoms with Crippen molar-refractivity contribution in [2.24, 2.45) is 0 Å². The Morgan fingerprint density at radius 1 is 1.09 bits per heavy atom. The lowest BCUT2D eigenvalue weighted by molar-refractivity contribution is 0.0824. The third-order valence-electron chi connectivity index (χ3n) is 5.62. The number of benzene rings is 1. The average molecular weight is 437 g/mol. The van der Waals surface area contributed by atoms with Crippen LogP contribution in [0.1, 0.15) is 62.2 Å². The predicted molar refractivity (Wildman–Crippen MR) is 119 cm³/mol. The largest absolute Gasteiger partial charge is 0.490 e. The number of hydrogen-bond acceptors (Lipinski definition) is 7. The third kappa shape index (κ3) is 4.59. The highest BCUT2D eigenvalue weighted by Crippen LogP contribution is 2.38. The SMILES string of the molecule is CCOc1ccc(C(=O)NC2(c3nc(-c4cccnc4)no3)CCCCC2)cc1OCC. The van der Waals surface area contributed by atoms with Crippen LogP contribution in [0.15, 0.2) is 47.2 Å². The minimum Gasteiger partial charge on any atom is -0.490 e. The molecule has 1 aromatic carbocycles. The number of carbonyl (C=O) groups excluding carboxylic acids is 1. The summed E-state index contributed by atoms with van der Waals surface area (Å²) in [6.45, 7) is 4.81. The van der Waals surface area contributed by atoms with Gasteiger partial charge in [0.25, 0.3) is 11.8 Å². The molecule has 168 valence electrons. The zero-order valence-electron chi connectivity index (χ0n) is 18.5. The van der Waals surface area contributed by atoms with Crippen LogP contribution in [-0.4, -0.2) is 34.2 Å². The molecule has 8 heteroatoms. The second-order valence-corrected chi connectivity index (χ2v) is 7.79. The molecule has 0 atom stereocenters. The first kappa shape index (κ1) is 21.8. The maximum Gasteiger partial charge on any atom is 0.252 e. The van der Waals surface area contributed by atoms with Crippen molar-refractivity contribution in [3.05, 3.63) is 54.2 Å². The fourth-order valence-electron chi connectivity index (χ4n) is 4.06. The Bertz CT molecular complexity index is 1050. The summed E-state index contributed by atoms with van der Waals surface area (Å²) < 4.78 is 17.0. The van der Waals surface area contributed by atoms with Crippen LogP contribution in [0, 0.1) is 0 Å². The Morgan fingerprint density at radius 3 is 2.59 bits per heavy atom. The summed E-state index contributed by atoms with van der Waals surface area (Å²) in [5.74, 6) is 1.86. The van der Waals surface area contributed by atoms with E-state index in [0.29, 0.717) is 42.0 Å². The van der Waals surface area contributed by atoms with E-state index in [4.69, 9.17) is 14.0 Å². The molecule has 1 aliphatic rings. The van der Waals surface area contributed by atoms with Crippen molar-refractivity contribution < 1.29 is 18.8 Å². The first-order valence-corrected chi connectivity index (χ1v) is 11.1. The minimum atomic E-state index is -0.701. The van der Waals surface area contributed by atoms with Gasteiger partial charge in [-0.25, -0.2) is 0 Å². The number of amides is 1. The molecule has 0 radical (unpaired) electrons. The quantitative estimate of drug-likeness (QED) is 0.554. The summed E-state index contributed by atoms with van der Waals surface area (Å²) in [6, 6.07) is 8.93. The lowest BCUT2D eigenvalue weighted by Gasteiger charge is -2.34. The first-order chi connectivity index (χ1) is 15.6. The van der Waals surface area contributed by atoms with E-state index in [1.54, 1.807) is 30.6 Å². The van der Waals surface area contributed by atoms with E-state index in [2.05, 4.69) is 20.4 Å². The van der Waals surface area contributed by atoms with Crippen molar-refractivity contribution >= 4 is 5.91 Å². The highest BCUT2D eigenvalue weighted by Gasteiger charge is 2.41. The van der Waals surface area contributed by atoms with Crippen molar-refractivity contribution in [3.8, 4) is 22.9 Å². The maximum absolute atomic E-state index is 13.3. The Morgan fingerprint density at radius 2 is 1.88 bits per heavy atom. The van der Waals surface area contributed by atoms with Gasteiger partial charge < -0.3 is 19.3 Å². The van der Waals surface area contributed by atoms with E-state index < -0.39 is 5.54 Å². The Balaban J connectivity index is 1.61. The van der Waals surface area contributed by atoms with Crippen molar-refractivity contribution in [1.82, 2.24) is 20.4 Å². The molecule has 0 spiro atoms. The predicted octanol–water partition coefficient (Wildman–Crippen LogP) is 4.52. The molecule has 0 unspecified atom stereocenters. The fraction of sp³-hybridized carbons (Fsp3) is 0.417. The molecule has 2 aromatic heterocycles. The van der Waals surface area contributed by atoms with E-state index in [0.717, 1.165) is 37.7 Å². The van der Waals surface area contributed by atoms with E-state index in [1.807, 2.05) is 26.0 Å². The normalized spacial score (nSPS) is 15.2. The lowest BCUT2D eigenvalue weighted by atomic mass is 9.81. The summed E-state index contributed by atoms with van der Waals surface area (Å²) in [5.41, 5.74) is 0.564. The number of aromatic nitrogens is 3. The Labute approximate surface area is 187 Å². The second kappa shape index (κ2) is 9.80. The molecule has 1 aliphatic carbocycles. The number of rotatable bonds is 8. The van der Waals surface area contributed by atoms with Crippen molar-refractivity contribution in [3.63, 3.8) is 0 Å². The van der Waals surface area contributed by atoms with Gasteiger partial charge in [0.05, 0.1) is 13.2 Å². The van der Waals surface area contributed by atoms with Gasteiger partial charge in [0.1, 0.15) is 5.54 Å². The molecule has 1 amide bonds. The summed E-state index contributed by atoms with van der Waals surface area (Å²) in [6.07, 6.45) is 7.91. The van der Waals surface area contributed by atoms with Gasteiger partial charge in [-0.3, -0.25) is 9.78 Å². The maximum atomic E-state index is 13.3. The van der Waals surface area contributed by atoms with Gasteiger partial charge in [0, 0.05) is 23.5 Å². The van der Waals surface area contributed by atoms with Gasteiger partial charge in [-0.05, 0) is 57.0 Å². The number of hydrogen-bond donors (Lipinski definition) is 1. The zero-order chi connectivity index (χ0) is 22.4. The molecule has 1 fully saturated rings. The topological polar surface area (TPSA) is 99.4 Å². The van der Waals surface area contributed by atoms with Crippen LogP contribution < -0.4 is 14.8 Å². The molecular weight excluding hydrogens is 408 g/mol. The van der Waals surface area contributed by atoms with E-state index in [1.165, 1.54) is 0 Å². The summed E-state index contributed by atoms with van der Waals surface area (Å²) in [4.78, 5) is 22.0. The van der Waals surface area contributed by atoms with Crippen LogP contribution in [0.3, 0.4) is 0 Å². The van der Waals surface area contributed by atoms with Crippen LogP contribution >= 0.6 is 0 Å². The second-order valence-electron chi connectivity index (χ2n) is 7.79. The number of ether oxygens (including phenoxy) is 2. The van der Waals surface area contributed by atoms with Crippen LogP contribution in [0.2, 0.25) is 0 Å². The molecule has 0 aliphatic heterocycles. The van der Waals surface area contributed by atoms with E-state index in [9.17, 15) is 4.79 Å². The first-order valence-electron chi connectivity index (χ1n) is 11.1. The van der Waals surface area contributed by atoms with Crippen molar-refractivity contribution in [2.45, 2.75) is 51.5 Å². The van der Waals surface area contributed by atoms with Gasteiger partial charge in [-0.2, -0.15) is 4.98 Å². The van der Waals surface area contributed by atoms with E-state index in [-0.39, 0.29) is 5.91 Å². The van der Waals surface area contributed by atoms with Gasteiger partial charge in [0.2, 0.25) is 5.82 Å². The van der Waals surface area contributed by atoms with Crippen LogP contribution in [-0.2, 0) is 5.54 Å². The highest BCUT2D eigenvalue weighted by atomic mass is 16.5. The Hall–Kier alpha value is -3.42. The molecule has 0 saturated heterocycles. The molecule has 1 N–H and O–H groups in total. The summed E-state index contributed by atoms with van der Waals surface area (Å²) in [7, 11) is 0. The minimum absolute atomic E-state index is 0.211. The third-order valence-corrected chi connectivity index (χ3v) is 5.62. The van der Waals surface area contributed by atoms with Gasteiger partial charge in [-0.15, -0.1) is 0 Å². The highest BCUT2D eigenvalue weighted by molar-refractivity contribution is 5.95. The van der Waals surface area contributed by atoms with Gasteiger partial charge >= 0.3 is 0 Å². The van der Waals surface area contributed by atoms with Crippen LogP contribution in [0.5, 0.6) is 11.5 Å². The molecule has 8 nitrogen and oxygen atoms in total. The number of nitrogens with one attached hydrogen (secondary N) is 1. The lowest BCUT2D eigenvalue weighted by Crippen LogP contribution is -2.47. The molecular formula is C24H28N4O4. The van der Waals surface area contributed by atoms with Crippen molar-refractivity contribution in [2.75, 3.05) is 13.2 Å². The molecule has 0 bridgehead atoms. The van der Waals surface area contributed by atoms with Crippen molar-refractivity contribution in [1.29, 1.82) is 0 Å². The fourth-order valence-corrected chi connectivity index (χ4v) is 4.06. The number of pyridine rings is 1. The number of carbonyl (C=O) groups is 1.